The molecule has 2 rings (SSSR count). The maximum atomic E-state index is 13.5. The number of hydrogen-bond acceptors (Lipinski definition) is 4. The molecule has 0 saturated heterocycles. The summed E-state index contributed by atoms with van der Waals surface area (Å²) in [6, 6.07) is 5.30. The van der Waals surface area contributed by atoms with Gasteiger partial charge in [0, 0.05) is 5.16 Å². The van der Waals surface area contributed by atoms with Crippen molar-refractivity contribution in [3.63, 3.8) is 0 Å². The first-order chi connectivity index (χ1) is 10.8. The molecule has 0 heterocycles. The molecule has 1 radical (unpaired) electrons. The number of Topliss-reactive ketones (excluding diaryl/α,β-unsaturated/α-hetero) is 1. The molecule has 4 nitrogen and oxygen atoms in total. The highest BCUT2D eigenvalue weighted by atomic mass is 31.1. The Morgan fingerprint density at radius 1 is 1.09 bits per heavy atom. The first-order valence-electron chi connectivity index (χ1n) is 8.01. The molecule has 5 heteroatoms. The second kappa shape index (κ2) is 6.60. The van der Waals surface area contributed by atoms with Crippen LogP contribution in [0.15, 0.2) is 18.2 Å². The van der Waals surface area contributed by atoms with Gasteiger partial charge in [0.15, 0.2) is 5.78 Å². The number of hydrogen-bond donors (Lipinski definition) is 0. The van der Waals surface area contributed by atoms with Gasteiger partial charge in [0.05, 0.1) is 22.0 Å². The zero-order chi connectivity index (χ0) is 17.3. The molecular weight excluding hydrogens is 311 g/mol. The predicted molar refractivity (Wildman–Crippen MR) is 92.4 cm³/mol. The Morgan fingerprint density at radius 2 is 1.57 bits per heavy atom. The average Bonchev–Trinajstić information content (AvgIpc) is 3.02. The zero-order valence-corrected chi connectivity index (χ0v) is 15.5. The van der Waals surface area contributed by atoms with E-state index in [1.165, 1.54) is 14.2 Å². The molecule has 1 fully saturated rings. The Balaban J connectivity index is 2.59. The van der Waals surface area contributed by atoms with E-state index in [0.29, 0.717) is 29.9 Å². The molecule has 1 aliphatic rings. The van der Waals surface area contributed by atoms with Crippen molar-refractivity contribution in [1.82, 2.24) is 0 Å². The second-order valence-electron chi connectivity index (χ2n) is 7.07. The van der Waals surface area contributed by atoms with Gasteiger partial charge in [0.1, 0.15) is 22.2 Å². The lowest BCUT2D eigenvalue weighted by atomic mass is 9.93. The Bertz CT molecular complexity index is 588. The summed E-state index contributed by atoms with van der Waals surface area (Å²) in [5, 5.41) is -1.22. The van der Waals surface area contributed by atoms with Crippen LogP contribution in [0.4, 0.5) is 0 Å². The fraction of sp³-hybridized carbons (Fsp3) is 0.611. The Labute approximate surface area is 139 Å². The molecule has 23 heavy (non-hydrogen) atoms. The van der Waals surface area contributed by atoms with E-state index in [9.17, 15) is 9.36 Å². The Kier molecular flexibility index (Phi) is 5.15. The molecule has 0 N–H and O–H groups in total. The van der Waals surface area contributed by atoms with Gasteiger partial charge in [0.2, 0.25) is 0 Å². The van der Waals surface area contributed by atoms with E-state index in [1.807, 2.05) is 20.8 Å². The number of ketones is 1. The number of methoxy groups -OCH3 is 2. The van der Waals surface area contributed by atoms with Crippen LogP contribution in [0, 0.1) is 0 Å². The normalized spacial score (nSPS) is 17.7. The lowest BCUT2D eigenvalue weighted by Gasteiger charge is -2.33. The standard InChI is InChI=1S/C18H26O4P/c1-17(2,3)23(20)18(11-6-7-12-18)16(19)15-13(21-4)9-8-10-14(15)22-5/h8-10H,6-7,11-12H2,1-5H3. The third kappa shape index (κ3) is 3.14. The largest absolute Gasteiger partial charge is 0.496 e. The minimum Gasteiger partial charge on any atom is -0.496 e. The minimum atomic E-state index is -1.72. The SMILES string of the molecule is COc1cccc(OC)c1C(=O)C1([P](=O)C(C)(C)C)CCCC1. The number of rotatable bonds is 5. The van der Waals surface area contributed by atoms with E-state index in [-0.39, 0.29) is 5.78 Å². The highest BCUT2D eigenvalue weighted by Gasteiger charge is 2.52. The smallest absolute Gasteiger partial charge is 0.187 e. The molecule has 0 bridgehead atoms. The molecular formula is C18H26O4P. The van der Waals surface area contributed by atoms with Crippen molar-refractivity contribution in [3.05, 3.63) is 23.8 Å². The van der Waals surface area contributed by atoms with Crippen molar-refractivity contribution in [2.45, 2.75) is 56.8 Å². The third-order valence-electron chi connectivity index (χ3n) is 4.51. The molecule has 1 saturated carbocycles. The lowest BCUT2D eigenvalue weighted by molar-refractivity contribution is 0.0932. The van der Waals surface area contributed by atoms with Crippen molar-refractivity contribution < 1.29 is 18.8 Å². The molecule has 1 aliphatic carbocycles. The van der Waals surface area contributed by atoms with Crippen LogP contribution in [0.3, 0.4) is 0 Å². The summed E-state index contributed by atoms with van der Waals surface area (Å²) in [6.07, 6.45) is 3.19. The zero-order valence-electron chi connectivity index (χ0n) is 14.6. The molecule has 127 valence electrons. The van der Waals surface area contributed by atoms with E-state index < -0.39 is 18.1 Å². The van der Waals surface area contributed by atoms with Crippen molar-refractivity contribution in [2.24, 2.45) is 0 Å². The summed E-state index contributed by atoms with van der Waals surface area (Å²) >= 11 is 0. The summed E-state index contributed by atoms with van der Waals surface area (Å²) in [6.45, 7) is 5.83. The van der Waals surface area contributed by atoms with Crippen molar-refractivity contribution in [2.75, 3.05) is 14.2 Å². The average molecular weight is 337 g/mol. The molecule has 0 amide bonds. The molecule has 1 unspecified atom stereocenters. The van der Waals surface area contributed by atoms with Crippen molar-refractivity contribution >= 4 is 13.6 Å². The number of carbonyl (C=O) groups is 1. The lowest BCUT2D eigenvalue weighted by Crippen LogP contribution is -2.36. The van der Waals surface area contributed by atoms with Gasteiger partial charge in [-0.2, -0.15) is 0 Å². The van der Waals surface area contributed by atoms with Gasteiger partial charge in [-0.05, 0) is 25.0 Å². The van der Waals surface area contributed by atoms with Gasteiger partial charge in [0.25, 0.3) is 0 Å². The van der Waals surface area contributed by atoms with E-state index in [2.05, 4.69) is 0 Å². The minimum absolute atomic E-state index is 0.0969. The summed E-state index contributed by atoms with van der Waals surface area (Å²) in [5.74, 6) is 0.871. The molecule has 1 atom stereocenters. The summed E-state index contributed by atoms with van der Waals surface area (Å²) in [5.41, 5.74) is 0.423. The number of ether oxygens (including phenoxy) is 2. The number of carbonyl (C=O) groups excluding carboxylic acids is 1. The van der Waals surface area contributed by atoms with Crippen LogP contribution in [-0.2, 0) is 4.57 Å². The maximum Gasteiger partial charge on any atom is 0.187 e. The number of benzene rings is 1. The van der Waals surface area contributed by atoms with Gasteiger partial charge in [-0.25, -0.2) is 0 Å². The fourth-order valence-corrected chi connectivity index (χ4v) is 5.73. The van der Waals surface area contributed by atoms with Crippen LogP contribution < -0.4 is 9.47 Å². The Morgan fingerprint density at radius 3 is 1.96 bits per heavy atom. The van der Waals surface area contributed by atoms with Gasteiger partial charge in [-0.15, -0.1) is 0 Å². The molecule has 0 spiro atoms. The molecule has 0 aromatic heterocycles. The summed E-state index contributed by atoms with van der Waals surface area (Å²) in [4.78, 5) is 13.5. The van der Waals surface area contributed by atoms with Gasteiger partial charge in [-0.1, -0.05) is 39.7 Å². The molecule has 0 aliphatic heterocycles. The van der Waals surface area contributed by atoms with Gasteiger partial charge < -0.3 is 9.47 Å². The second-order valence-corrected chi connectivity index (χ2v) is 9.86. The quantitative estimate of drug-likeness (QED) is 0.571. The summed E-state index contributed by atoms with van der Waals surface area (Å²) in [7, 11) is 1.36. The van der Waals surface area contributed by atoms with Crippen molar-refractivity contribution in [1.29, 1.82) is 0 Å². The summed E-state index contributed by atoms with van der Waals surface area (Å²) < 4.78 is 24.0. The van der Waals surface area contributed by atoms with Crippen LogP contribution in [-0.4, -0.2) is 30.3 Å². The van der Waals surface area contributed by atoms with Crippen molar-refractivity contribution in [3.8, 4) is 11.5 Å². The third-order valence-corrected chi connectivity index (χ3v) is 7.15. The van der Waals surface area contributed by atoms with Gasteiger partial charge in [-0.3, -0.25) is 9.36 Å². The van der Waals surface area contributed by atoms with Crippen LogP contribution in [0.2, 0.25) is 0 Å². The van der Waals surface area contributed by atoms with E-state index in [4.69, 9.17) is 9.47 Å². The Hall–Kier alpha value is -1.41. The highest BCUT2D eigenvalue weighted by Crippen LogP contribution is 2.59. The van der Waals surface area contributed by atoms with Crippen LogP contribution in [0.1, 0.15) is 56.8 Å². The predicted octanol–water partition coefficient (Wildman–Crippen LogP) is 4.83. The first-order valence-corrected chi connectivity index (χ1v) is 9.27. The van der Waals surface area contributed by atoms with Gasteiger partial charge >= 0.3 is 0 Å². The van der Waals surface area contributed by atoms with E-state index in [1.54, 1.807) is 18.2 Å². The first kappa shape index (κ1) is 17.9. The van der Waals surface area contributed by atoms with Crippen LogP contribution >= 0.6 is 7.80 Å². The molecule has 1 aromatic carbocycles. The van der Waals surface area contributed by atoms with Crippen LogP contribution in [0.25, 0.3) is 0 Å². The highest BCUT2D eigenvalue weighted by molar-refractivity contribution is 7.49. The van der Waals surface area contributed by atoms with Crippen LogP contribution in [0.5, 0.6) is 11.5 Å². The molecule has 1 aromatic rings. The van der Waals surface area contributed by atoms with E-state index >= 15 is 0 Å². The monoisotopic (exact) mass is 337 g/mol. The van der Waals surface area contributed by atoms with E-state index in [0.717, 1.165) is 12.8 Å². The topological polar surface area (TPSA) is 52.6 Å². The fourth-order valence-electron chi connectivity index (χ4n) is 3.43. The maximum absolute atomic E-state index is 13.5.